The van der Waals surface area contributed by atoms with Gasteiger partial charge in [0.05, 0.1) is 17.8 Å². The number of pyridine rings is 1. The monoisotopic (exact) mass is 364 g/mol. The van der Waals surface area contributed by atoms with E-state index in [0.717, 1.165) is 48.7 Å². The molecule has 1 aliphatic heterocycles. The molecule has 0 bridgehead atoms. The van der Waals surface area contributed by atoms with E-state index in [9.17, 15) is 0 Å². The molecule has 5 heteroatoms. The van der Waals surface area contributed by atoms with Gasteiger partial charge in [0.1, 0.15) is 0 Å². The van der Waals surface area contributed by atoms with Crippen molar-refractivity contribution in [2.24, 2.45) is 0 Å². The minimum atomic E-state index is 0.548. The Kier molecular flexibility index (Phi) is 4.92. The van der Waals surface area contributed by atoms with Crippen molar-refractivity contribution >= 4 is 22.5 Å². The molecule has 0 saturated carbocycles. The number of benzene rings is 1. The fourth-order valence-corrected chi connectivity index (χ4v) is 4.04. The number of hydrogen-bond donors (Lipinski definition) is 0. The van der Waals surface area contributed by atoms with Crippen LogP contribution in [-0.2, 0) is 0 Å². The topological polar surface area (TPSA) is 44.9 Å². The van der Waals surface area contributed by atoms with E-state index in [0.29, 0.717) is 12.3 Å². The average Bonchev–Trinajstić information content (AvgIpc) is 3.07. The van der Waals surface area contributed by atoms with Gasteiger partial charge in [-0.05, 0) is 67.7 Å². The van der Waals surface area contributed by atoms with Crippen LogP contribution < -0.4 is 0 Å². The van der Waals surface area contributed by atoms with Crippen molar-refractivity contribution in [1.29, 1.82) is 5.26 Å². The lowest BCUT2D eigenvalue weighted by Crippen LogP contribution is -2.33. The van der Waals surface area contributed by atoms with E-state index < -0.39 is 0 Å². The summed E-state index contributed by atoms with van der Waals surface area (Å²) in [6.45, 7) is 3.01. The number of fused-ring (bicyclic) bond motifs is 1. The van der Waals surface area contributed by atoms with Crippen LogP contribution in [0.5, 0.6) is 0 Å². The maximum Gasteiger partial charge on any atom is 0.0715 e. The molecule has 3 aromatic rings. The summed E-state index contributed by atoms with van der Waals surface area (Å²) in [4.78, 5) is 6.74. The van der Waals surface area contributed by atoms with Crippen LogP contribution in [0.1, 0.15) is 30.7 Å². The molecule has 1 aliphatic rings. The Morgan fingerprint density at radius 3 is 2.65 bits per heavy atom. The molecule has 1 aromatic carbocycles. The number of nitrogens with zero attached hydrogens (tertiary/aromatic N) is 4. The molecule has 0 radical (unpaired) electrons. The zero-order valence-corrected chi connectivity index (χ0v) is 15.4. The lowest BCUT2D eigenvalue weighted by atomic mass is 9.89. The molecule has 4 rings (SSSR count). The van der Waals surface area contributed by atoms with E-state index in [4.69, 9.17) is 16.9 Å². The van der Waals surface area contributed by atoms with Crippen LogP contribution in [0.3, 0.4) is 0 Å². The Labute approximate surface area is 158 Å². The third-order valence-corrected chi connectivity index (χ3v) is 5.56. The van der Waals surface area contributed by atoms with Gasteiger partial charge in [-0.2, -0.15) is 5.26 Å². The van der Waals surface area contributed by atoms with Gasteiger partial charge in [-0.25, -0.2) is 0 Å². The van der Waals surface area contributed by atoms with Crippen molar-refractivity contribution in [3.63, 3.8) is 0 Å². The van der Waals surface area contributed by atoms with Crippen LogP contribution in [0.15, 0.2) is 48.9 Å². The molecule has 3 heterocycles. The van der Waals surface area contributed by atoms with Crippen molar-refractivity contribution < 1.29 is 0 Å². The summed E-state index contributed by atoms with van der Waals surface area (Å²) in [6, 6.07) is 12.3. The highest BCUT2D eigenvalue weighted by Crippen LogP contribution is 2.35. The van der Waals surface area contributed by atoms with Gasteiger partial charge in [0.25, 0.3) is 0 Å². The molecule has 4 nitrogen and oxygen atoms in total. The van der Waals surface area contributed by atoms with E-state index in [1.165, 1.54) is 10.9 Å². The zero-order chi connectivity index (χ0) is 17.9. The lowest BCUT2D eigenvalue weighted by molar-refractivity contribution is 0.217. The first kappa shape index (κ1) is 17.1. The van der Waals surface area contributed by atoms with Gasteiger partial charge in [0, 0.05) is 41.5 Å². The maximum atomic E-state index is 8.78. The molecular formula is C21H21ClN4. The first-order valence-electron chi connectivity index (χ1n) is 9.06. The van der Waals surface area contributed by atoms with Crippen molar-refractivity contribution in [3.8, 4) is 11.8 Å². The predicted molar refractivity (Wildman–Crippen MR) is 105 cm³/mol. The number of halogens is 1. The summed E-state index contributed by atoms with van der Waals surface area (Å²) in [6.07, 6.45) is 8.97. The van der Waals surface area contributed by atoms with Crippen LogP contribution in [0.2, 0.25) is 5.02 Å². The standard InChI is InChI=1S/C21H21ClN4/c22-17-2-4-18(5-3-17)26-15-20(19-6-10-24-14-21(19)26)16-7-12-25(13-8-16)11-1-9-23/h2-6,10,14-16H,1,7-8,11-13H2. The van der Waals surface area contributed by atoms with E-state index in [2.05, 4.69) is 32.8 Å². The van der Waals surface area contributed by atoms with Gasteiger partial charge in [-0.15, -0.1) is 0 Å². The van der Waals surface area contributed by atoms with Gasteiger partial charge in [-0.1, -0.05) is 11.6 Å². The minimum Gasteiger partial charge on any atom is -0.315 e. The van der Waals surface area contributed by atoms with E-state index in [1.807, 2.05) is 36.7 Å². The first-order chi connectivity index (χ1) is 12.8. The molecule has 0 atom stereocenters. The van der Waals surface area contributed by atoms with Crippen LogP contribution in [0, 0.1) is 11.3 Å². The molecule has 0 aliphatic carbocycles. The highest BCUT2D eigenvalue weighted by atomic mass is 35.5. The second-order valence-corrected chi connectivity index (χ2v) is 7.28. The second kappa shape index (κ2) is 7.49. The number of hydrogen-bond acceptors (Lipinski definition) is 3. The third-order valence-electron chi connectivity index (χ3n) is 5.31. The van der Waals surface area contributed by atoms with Crippen molar-refractivity contribution in [2.45, 2.75) is 25.2 Å². The Bertz CT molecular complexity index is 931. The van der Waals surface area contributed by atoms with Crippen LogP contribution in [0.25, 0.3) is 16.6 Å². The molecule has 132 valence electrons. The average molecular weight is 365 g/mol. The summed E-state index contributed by atoms with van der Waals surface area (Å²) in [5.41, 5.74) is 3.64. The van der Waals surface area contributed by atoms with Gasteiger partial charge < -0.3 is 9.47 Å². The highest BCUT2D eigenvalue weighted by molar-refractivity contribution is 6.30. The summed E-state index contributed by atoms with van der Waals surface area (Å²) in [5.74, 6) is 0.548. The molecule has 0 unspecified atom stereocenters. The van der Waals surface area contributed by atoms with Gasteiger partial charge in [-0.3, -0.25) is 4.98 Å². The quantitative estimate of drug-likeness (QED) is 0.669. The number of aromatic nitrogens is 2. The fourth-order valence-electron chi connectivity index (χ4n) is 3.92. The Balaban J connectivity index is 1.64. The van der Waals surface area contributed by atoms with Crippen LogP contribution >= 0.6 is 11.6 Å². The largest absolute Gasteiger partial charge is 0.315 e. The van der Waals surface area contributed by atoms with E-state index in [1.54, 1.807) is 0 Å². The lowest BCUT2D eigenvalue weighted by Gasteiger charge is -2.31. The predicted octanol–water partition coefficient (Wildman–Crippen LogP) is 4.77. The number of nitriles is 1. The molecule has 0 amide bonds. The summed E-state index contributed by atoms with van der Waals surface area (Å²) in [7, 11) is 0. The van der Waals surface area contributed by atoms with Crippen molar-refractivity contribution in [3.05, 3.63) is 59.5 Å². The van der Waals surface area contributed by atoms with Gasteiger partial charge in [0.2, 0.25) is 0 Å². The third kappa shape index (κ3) is 3.33. The summed E-state index contributed by atoms with van der Waals surface area (Å²) < 4.78 is 2.22. The Hall–Kier alpha value is -2.35. The number of rotatable bonds is 4. The molecular weight excluding hydrogens is 344 g/mol. The molecule has 1 saturated heterocycles. The number of piperidine rings is 1. The minimum absolute atomic E-state index is 0.548. The first-order valence-corrected chi connectivity index (χ1v) is 9.44. The maximum absolute atomic E-state index is 8.78. The van der Waals surface area contributed by atoms with Crippen molar-refractivity contribution in [2.75, 3.05) is 19.6 Å². The smallest absolute Gasteiger partial charge is 0.0715 e. The number of likely N-dealkylation sites (tertiary alicyclic amines) is 1. The van der Waals surface area contributed by atoms with E-state index in [-0.39, 0.29) is 0 Å². The fraction of sp³-hybridized carbons (Fsp3) is 0.333. The summed E-state index contributed by atoms with van der Waals surface area (Å²) in [5, 5.41) is 10.8. The SMILES string of the molecule is N#CCCN1CCC(c2cn(-c3ccc(Cl)cc3)c3cnccc23)CC1. The zero-order valence-electron chi connectivity index (χ0n) is 14.6. The van der Waals surface area contributed by atoms with Crippen LogP contribution in [-0.4, -0.2) is 34.1 Å². The molecule has 1 fully saturated rings. The normalized spacial score (nSPS) is 16.0. The highest BCUT2D eigenvalue weighted by Gasteiger charge is 2.23. The second-order valence-electron chi connectivity index (χ2n) is 6.85. The Morgan fingerprint density at radius 2 is 1.92 bits per heavy atom. The van der Waals surface area contributed by atoms with E-state index >= 15 is 0 Å². The molecule has 0 N–H and O–H groups in total. The summed E-state index contributed by atoms with van der Waals surface area (Å²) >= 11 is 6.05. The van der Waals surface area contributed by atoms with Gasteiger partial charge >= 0.3 is 0 Å². The van der Waals surface area contributed by atoms with Gasteiger partial charge in [0.15, 0.2) is 0 Å². The molecule has 0 spiro atoms. The Morgan fingerprint density at radius 1 is 1.15 bits per heavy atom. The van der Waals surface area contributed by atoms with Crippen LogP contribution in [0.4, 0.5) is 0 Å². The van der Waals surface area contributed by atoms with Crippen molar-refractivity contribution in [1.82, 2.24) is 14.5 Å². The molecule has 2 aromatic heterocycles. The molecule has 26 heavy (non-hydrogen) atoms.